The molecule has 0 bridgehead atoms. The fourth-order valence-corrected chi connectivity index (χ4v) is 2.37. The predicted octanol–water partition coefficient (Wildman–Crippen LogP) is 3.18. The first kappa shape index (κ1) is 14.1. The molecule has 0 saturated heterocycles. The molecule has 2 aromatic rings. The summed E-state index contributed by atoms with van der Waals surface area (Å²) in [6, 6.07) is 5.76. The summed E-state index contributed by atoms with van der Waals surface area (Å²) in [6.45, 7) is 2.73. The molecule has 0 radical (unpaired) electrons. The largest absolute Gasteiger partial charge is 0.441 e. The molecule has 0 saturated carbocycles. The number of benzene rings is 1. The highest BCUT2D eigenvalue weighted by molar-refractivity contribution is 7.98. The number of rotatable bonds is 5. The van der Waals surface area contributed by atoms with Crippen molar-refractivity contribution in [2.45, 2.75) is 13.3 Å². The van der Waals surface area contributed by atoms with Crippen molar-refractivity contribution in [1.82, 2.24) is 10.3 Å². The Labute approximate surface area is 122 Å². The van der Waals surface area contributed by atoms with E-state index >= 15 is 0 Å². The first-order valence-corrected chi connectivity index (χ1v) is 7.90. The topological polar surface area (TPSA) is 50.1 Å². The van der Waals surface area contributed by atoms with Crippen LogP contribution in [0.4, 0.5) is 5.69 Å². The molecule has 2 rings (SSSR count). The lowest BCUT2D eigenvalue weighted by Gasteiger charge is -2.09. The molecule has 0 amide bonds. The molecule has 0 aliphatic rings. The standard InChI is InChI=1S/C13H17N3OS2/c1-9-15-11-8-10(4-5-12(11)17-9)16-13(18)14-6-3-7-19-2/h4-5,8H,3,6-7H2,1-2H3,(H2,14,16,18). The molecular formula is C13H17N3OS2. The van der Waals surface area contributed by atoms with E-state index in [2.05, 4.69) is 21.9 Å². The van der Waals surface area contributed by atoms with E-state index in [0.29, 0.717) is 11.0 Å². The molecule has 19 heavy (non-hydrogen) atoms. The molecule has 1 heterocycles. The van der Waals surface area contributed by atoms with Gasteiger partial charge < -0.3 is 15.1 Å². The van der Waals surface area contributed by atoms with Gasteiger partial charge in [0.1, 0.15) is 5.52 Å². The van der Waals surface area contributed by atoms with Gasteiger partial charge in [-0.15, -0.1) is 0 Å². The molecule has 4 nitrogen and oxygen atoms in total. The van der Waals surface area contributed by atoms with Gasteiger partial charge in [-0.2, -0.15) is 11.8 Å². The second-order valence-corrected chi connectivity index (χ2v) is 5.54. The minimum Gasteiger partial charge on any atom is -0.441 e. The van der Waals surface area contributed by atoms with E-state index in [1.54, 1.807) is 0 Å². The molecule has 0 fully saturated rings. The predicted molar refractivity (Wildman–Crippen MR) is 86.0 cm³/mol. The van der Waals surface area contributed by atoms with Gasteiger partial charge in [0, 0.05) is 19.2 Å². The normalized spacial score (nSPS) is 10.6. The summed E-state index contributed by atoms with van der Waals surface area (Å²) >= 11 is 7.08. The molecule has 0 aliphatic heterocycles. The van der Waals surface area contributed by atoms with Gasteiger partial charge in [-0.25, -0.2) is 4.98 Å². The van der Waals surface area contributed by atoms with Gasteiger partial charge in [-0.05, 0) is 48.8 Å². The molecule has 0 unspecified atom stereocenters. The summed E-state index contributed by atoms with van der Waals surface area (Å²) in [7, 11) is 0. The average Bonchev–Trinajstić information content (AvgIpc) is 2.74. The van der Waals surface area contributed by atoms with Crippen LogP contribution in [0, 0.1) is 6.92 Å². The van der Waals surface area contributed by atoms with Crippen LogP contribution in [-0.2, 0) is 0 Å². The molecule has 1 aromatic carbocycles. The smallest absolute Gasteiger partial charge is 0.192 e. The van der Waals surface area contributed by atoms with Gasteiger partial charge >= 0.3 is 0 Å². The Balaban J connectivity index is 1.91. The van der Waals surface area contributed by atoms with E-state index < -0.39 is 0 Å². The lowest BCUT2D eigenvalue weighted by molar-refractivity contribution is 0.561. The minimum absolute atomic E-state index is 0.640. The van der Waals surface area contributed by atoms with Gasteiger partial charge in [-0.3, -0.25) is 0 Å². The number of nitrogens with one attached hydrogen (secondary N) is 2. The molecular weight excluding hydrogens is 278 g/mol. The Morgan fingerprint density at radius 3 is 3.11 bits per heavy atom. The summed E-state index contributed by atoms with van der Waals surface area (Å²) in [5, 5.41) is 6.97. The maximum Gasteiger partial charge on any atom is 0.192 e. The van der Waals surface area contributed by atoms with Crippen LogP contribution in [0.2, 0.25) is 0 Å². The van der Waals surface area contributed by atoms with Gasteiger partial charge in [0.05, 0.1) is 0 Å². The molecule has 0 aliphatic carbocycles. The van der Waals surface area contributed by atoms with Crippen molar-refractivity contribution in [3.8, 4) is 0 Å². The summed E-state index contributed by atoms with van der Waals surface area (Å²) in [6.07, 6.45) is 3.20. The molecule has 102 valence electrons. The molecule has 2 N–H and O–H groups in total. The highest BCUT2D eigenvalue weighted by Gasteiger charge is 2.04. The number of hydrogen-bond donors (Lipinski definition) is 2. The van der Waals surface area contributed by atoms with Gasteiger partial charge in [0.2, 0.25) is 0 Å². The number of thioether (sulfide) groups is 1. The highest BCUT2D eigenvalue weighted by Crippen LogP contribution is 2.19. The molecule has 1 aromatic heterocycles. The van der Waals surface area contributed by atoms with Crippen LogP contribution in [0.25, 0.3) is 11.1 Å². The van der Waals surface area contributed by atoms with Crippen molar-refractivity contribution in [1.29, 1.82) is 0 Å². The number of aryl methyl sites for hydroxylation is 1. The van der Waals surface area contributed by atoms with Crippen LogP contribution in [0.15, 0.2) is 22.6 Å². The third kappa shape index (κ3) is 4.11. The van der Waals surface area contributed by atoms with Crippen molar-refractivity contribution >= 4 is 45.9 Å². The number of thiocarbonyl (C=S) groups is 1. The Bertz CT molecular complexity index is 568. The zero-order valence-electron chi connectivity index (χ0n) is 11.0. The number of oxazole rings is 1. The first-order valence-electron chi connectivity index (χ1n) is 6.10. The Morgan fingerprint density at radius 2 is 2.32 bits per heavy atom. The number of aromatic nitrogens is 1. The Morgan fingerprint density at radius 1 is 1.47 bits per heavy atom. The minimum atomic E-state index is 0.640. The maximum absolute atomic E-state index is 5.43. The van der Waals surface area contributed by atoms with Crippen LogP contribution in [0.1, 0.15) is 12.3 Å². The summed E-state index contributed by atoms with van der Waals surface area (Å²) in [5.41, 5.74) is 2.55. The van der Waals surface area contributed by atoms with Crippen molar-refractivity contribution in [2.75, 3.05) is 23.9 Å². The summed E-state index contributed by atoms with van der Waals surface area (Å²) < 4.78 is 5.43. The fourth-order valence-electron chi connectivity index (χ4n) is 1.71. The number of fused-ring (bicyclic) bond motifs is 1. The van der Waals surface area contributed by atoms with Gasteiger partial charge in [-0.1, -0.05) is 0 Å². The van der Waals surface area contributed by atoms with Gasteiger partial charge in [0.15, 0.2) is 16.6 Å². The Kier molecular flexibility index (Phi) is 5.04. The second kappa shape index (κ2) is 6.77. The third-order valence-corrected chi connectivity index (χ3v) is 3.51. The maximum atomic E-state index is 5.43. The van der Waals surface area contributed by atoms with Crippen LogP contribution < -0.4 is 10.6 Å². The van der Waals surface area contributed by atoms with E-state index in [1.165, 1.54) is 0 Å². The first-order chi connectivity index (χ1) is 9.19. The van der Waals surface area contributed by atoms with E-state index in [4.69, 9.17) is 16.6 Å². The lowest BCUT2D eigenvalue weighted by Crippen LogP contribution is -2.29. The summed E-state index contributed by atoms with van der Waals surface area (Å²) in [5.74, 6) is 1.81. The van der Waals surface area contributed by atoms with Gasteiger partial charge in [0.25, 0.3) is 0 Å². The molecule has 0 atom stereocenters. The van der Waals surface area contributed by atoms with Crippen molar-refractivity contribution < 1.29 is 4.42 Å². The van der Waals surface area contributed by atoms with E-state index in [-0.39, 0.29) is 0 Å². The SMILES string of the molecule is CSCCCNC(=S)Nc1ccc2oc(C)nc2c1. The van der Waals surface area contributed by atoms with Crippen LogP contribution in [-0.4, -0.2) is 28.6 Å². The highest BCUT2D eigenvalue weighted by atomic mass is 32.2. The van der Waals surface area contributed by atoms with Crippen LogP contribution in [0.5, 0.6) is 0 Å². The third-order valence-electron chi connectivity index (χ3n) is 2.56. The lowest BCUT2D eigenvalue weighted by atomic mass is 10.3. The van der Waals surface area contributed by atoms with Crippen LogP contribution in [0.3, 0.4) is 0 Å². The van der Waals surface area contributed by atoms with E-state index in [9.17, 15) is 0 Å². The average molecular weight is 295 g/mol. The van der Waals surface area contributed by atoms with E-state index in [1.807, 2.05) is 36.9 Å². The van der Waals surface area contributed by atoms with Crippen LogP contribution >= 0.6 is 24.0 Å². The van der Waals surface area contributed by atoms with E-state index in [0.717, 1.165) is 35.5 Å². The quantitative estimate of drug-likeness (QED) is 0.653. The zero-order valence-corrected chi connectivity index (χ0v) is 12.7. The number of hydrogen-bond acceptors (Lipinski definition) is 4. The van der Waals surface area contributed by atoms with Crippen molar-refractivity contribution in [3.63, 3.8) is 0 Å². The Hall–Kier alpha value is -1.27. The fraction of sp³-hybridized carbons (Fsp3) is 0.385. The number of nitrogens with zero attached hydrogens (tertiary/aromatic N) is 1. The number of anilines is 1. The molecule has 6 heteroatoms. The van der Waals surface area contributed by atoms with Crippen molar-refractivity contribution in [3.05, 3.63) is 24.1 Å². The van der Waals surface area contributed by atoms with Crippen molar-refractivity contribution in [2.24, 2.45) is 0 Å². The second-order valence-electron chi connectivity index (χ2n) is 4.14. The molecule has 0 spiro atoms. The monoisotopic (exact) mass is 295 g/mol. The summed E-state index contributed by atoms with van der Waals surface area (Å²) in [4.78, 5) is 4.29. The zero-order chi connectivity index (χ0) is 13.7.